The number of nitrogens with zero attached hydrogens (tertiary/aromatic N) is 2. The number of nitrogens with one attached hydrogen (secondary N) is 2. The first-order valence-corrected chi connectivity index (χ1v) is 11.1. The Balaban J connectivity index is 1.42. The van der Waals surface area contributed by atoms with Crippen LogP contribution in [0.3, 0.4) is 0 Å². The minimum Gasteiger partial charge on any atom is -0.457 e. The van der Waals surface area contributed by atoms with Gasteiger partial charge in [-0.2, -0.15) is 8.78 Å². The number of quaternary nitrogens is 1. The number of hydrogen-bond acceptors (Lipinski definition) is 5. The second-order valence-electron chi connectivity index (χ2n) is 8.95. The molecule has 33 heavy (non-hydrogen) atoms. The Hall–Kier alpha value is -3.30. The van der Waals surface area contributed by atoms with E-state index < -0.39 is 17.4 Å². The van der Waals surface area contributed by atoms with Crippen molar-refractivity contribution < 1.29 is 22.9 Å². The summed E-state index contributed by atoms with van der Waals surface area (Å²) in [4.78, 5) is 12.6. The molecule has 3 atom stereocenters. The maximum Gasteiger partial charge on any atom is 0.322 e. The minimum atomic E-state index is -2.96. The molecule has 6 rings (SSSR count). The van der Waals surface area contributed by atoms with E-state index in [1.807, 2.05) is 30.3 Å². The zero-order chi connectivity index (χ0) is 22.8. The molecule has 4 aliphatic rings. The van der Waals surface area contributed by atoms with Gasteiger partial charge in [0.15, 0.2) is 11.6 Å². The molecule has 2 aromatic carbocycles. The number of rotatable bonds is 4. The molecule has 2 aromatic rings. The van der Waals surface area contributed by atoms with Gasteiger partial charge in [0.2, 0.25) is 5.82 Å². The van der Waals surface area contributed by atoms with Crippen LogP contribution in [0, 0.1) is 0 Å². The molecule has 4 aliphatic heterocycles. The van der Waals surface area contributed by atoms with E-state index in [1.165, 1.54) is 0 Å². The van der Waals surface area contributed by atoms with Crippen molar-refractivity contribution in [2.75, 3.05) is 19.6 Å². The smallest absolute Gasteiger partial charge is 0.322 e. The van der Waals surface area contributed by atoms with Crippen molar-refractivity contribution in [1.29, 1.82) is 0 Å². The van der Waals surface area contributed by atoms with Crippen LogP contribution in [-0.4, -0.2) is 53.3 Å². The number of nitrogens with two attached hydrogens (primary N) is 1. The number of carbonyl (C=O) groups is 1. The number of piperidine rings is 1. The van der Waals surface area contributed by atoms with E-state index in [9.17, 15) is 4.79 Å². The SMILES string of the molecule is NC(=O)C1=C2NCCC3C4(CCNCC4(F)F)[N+]23N=C1c1ccc(Oc2ccccc2)cc1. The van der Waals surface area contributed by atoms with E-state index in [0.29, 0.717) is 48.1 Å². The normalized spacial score (nSPS) is 31.3. The molecule has 2 spiro atoms. The van der Waals surface area contributed by atoms with Crippen molar-refractivity contribution in [3.05, 3.63) is 71.6 Å². The average Bonchev–Trinajstić information content (AvgIpc) is 3.21. The fraction of sp³-hybridized carbons (Fsp3) is 0.333. The molecule has 7 nitrogen and oxygen atoms in total. The van der Waals surface area contributed by atoms with Gasteiger partial charge in [-0.25, -0.2) is 0 Å². The predicted molar refractivity (Wildman–Crippen MR) is 118 cm³/mol. The molecule has 0 aliphatic carbocycles. The number of halogens is 2. The largest absolute Gasteiger partial charge is 0.457 e. The van der Waals surface area contributed by atoms with E-state index >= 15 is 8.78 Å². The van der Waals surface area contributed by atoms with Gasteiger partial charge in [0.25, 0.3) is 11.4 Å². The highest BCUT2D eigenvalue weighted by molar-refractivity contribution is 6.28. The van der Waals surface area contributed by atoms with Gasteiger partial charge in [-0.3, -0.25) is 4.79 Å². The molecule has 3 saturated heterocycles. The molecule has 0 aromatic heterocycles. The van der Waals surface area contributed by atoms with Gasteiger partial charge in [-0.05, 0) is 36.4 Å². The van der Waals surface area contributed by atoms with E-state index in [-0.39, 0.29) is 29.2 Å². The van der Waals surface area contributed by atoms with Gasteiger partial charge in [0.05, 0.1) is 6.54 Å². The van der Waals surface area contributed by atoms with Gasteiger partial charge in [-0.1, -0.05) is 23.3 Å². The van der Waals surface area contributed by atoms with E-state index in [0.717, 1.165) is 0 Å². The quantitative estimate of drug-likeness (QED) is 0.491. The van der Waals surface area contributed by atoms with Gasteiger partial charge >= 0.3 is 5.92 Å². The first-order valence-electron chi connectivity index (χ1n) is 11.1. The van der Waals surface area contributed by atoms with Crippen LogP contribution in [0.25, 0.3) is 0 Å². The lowest BCUT2D eigenvalue weighted by molar-refractivity contribution is -0.821. The summed E-state index contributed by atoms with van der Waals surface area (Å²) in [5, 5.41) is 10.9. The van der Waals surface area contributed by atoms with Crippen molar-refractivity contribution >= 4 is 11.6 Å². The van der Waals surface area contributed by atoms with Gasteiger partial charge in [-0.15, -0.1) is 4.59 Å². The highest BCUT2D eigenvalue weighted by atomic mass is 19.3. The van der Waals surface area contributed by atoms with Gasteiger partial charge in [0, 0.05) is 31.5 Å². The second-order valence-corrected chi connectivity index (χ2v) is 8.95. The molecule has 4 N–H and O–H groups in total. The van der Waals surface area contributed by atoms with Crippen LogP contribution in [-0.2, 0) is 4.79 Å². The molecule has 0 bridgehead atoms. The number of primary amides is 1. The Labute approximate surface area is 189 Å². The van der Waals surface area contributed by atoms with Crippen molar-refractivity contribution in [2.24, 2.45) is 10.8 Å². The van der Waals surface area contributed by atoms with Crippen LogP contribution in [0.4, 0.5) is 8.78 Å². The van der Waals surface area contributed by atoms with E-state index in [2.05, 4.69) is 10.6 Å². The van der Waals surface area contributed by atoms with Crippen molar-refractivity contribution in [1.82, 2.24) is 10.6 Å². The lowest BCUT2D eigenvalue weighted by Gasteiger charge is -2.31. The van der Waals surface area contributed by atoms with Crippen LogP contribution in [0.15, 0.2) is 71.1 Å². The summed E-state index contributed by atoms with van der Waals surface area (Å²) >= 11 is 0. The highest BCUT2D eigenvalue weighted by Crippen LogP contribution is 2.68. The zero-order valence-corrected chi connectivity index (χ0v) is 17.9. The third-order valence-corrected chi connectivity index (χ3v) is 7.34. The Kier molecular flexibility index (Phi) is 4.22. The third-order valence-electron chi connectivity index (χ3n) is 7.34. The Morgan fingerprint density at radius 3 is 2.52 bits per heavy atom. The Morgan fingerprint density at radius 1 is 1.09 bits per heavy atom. The number of para-hydroxylation sites is 1. The highest BCUT2D eigenvalue weighted by Gasteiger charge is 2.94. The molecule has 9 heteroatoms. The van der Waals surface area contributed by atoms with Gasteiger partial charge < -0.3 is 21.1 Å². The molecule has 3 fully saturated rings. The number of benzene rings is 2. The van der Waals surface area contributed by atoms with Crippen LogP contribution in [0.2, 0.25) is 0 Å². The molecule has 0 saturated carbocycles. The van der Waals surface area contributed by atoms with Crippen molar-refractivity contribution in [2.45, 2.75) is 30.3 Å². The summed E-state index contributed by atoms with van der Waals surface area (Å²) in [6.45, 7) is 0.607. The lowest BCUT2D eigenvalue weighted by atomic mass is 9.88. The van der Waals surface area contributed by atoms with Gasteiger partial charge in [0.1, 0.15) is 17.2 Å². The molecule has 1 amide bonds. The second kappa shape index (κ2) is 6.85. The molecule has 0 radical (unpaired) electrons. The maximum absolute atomic E-state index is 15.4. The van der Waals surface area contributed by atoms with Crippen molar-refractivity contribution in [3.63, 3.8) is 0 Å². The molecule has 4 heterocycles. The fourth-order valence-corrected chi connectivity index (χ4v) is 5.98. The zero-order valence-electron chi connectivity index (χ0n) is 17.9. The fourth-order valence-electron chi connectivity index (χ4n) is 5.98. The first kappa shape index (κ1) is 20.3. The van der Waals surface area contributed by atoms with E-state index in [1.54, 1.807) is 24.3 Å². The van der Waals surface area contributed by atoms with E-state index in [4.69, 9.17) is 15.6 Å². The number of fused-ring (bicyclic) bond motifs is 1. The molecular weight excluding hydrogens is 428 g/mol. The summed E-state index contributed by atoms with van der Waals surface area (Å²) in [7, 11) is 0. The summed E-state index contributed by atoms with van der Waals surface area (Å²) in [5.74, 6) is -1.89. The Morgan fingerprint density at radius 2 is 1.82 bits per heavy atom. The van der Waals surface area contributed by atoms with Crippen LogP contribution < -0.4 is 21.1 Å². The minimum absolute atomic E-state index is 0.197. The summed E-state index contributed by atoms with van der Waals surface area (Å²) in [6, 6.07) is 16.1. The Bertz CT molecular complexity index is 1200. The number of hydrogen-bond donors (Lipinski definition) is 3. The van der Waals surface area contributed by atoms with Crippen molar-refractivity contribution in [3.8, 4) is 11.5 Å². The summed E-state index contributed by atoms with van der Waals surface area (Å²) in [6.07, 6.45) is 0.842. The lowest BCUT2D eigenvalue weighted by Crippen LogP contribution is -2.57. The summed E-state index contributed by atoms with van der Waals surface area (Å²) in [5.41, 5.74) is 5.61. The predicted octanol–water partition coefficient (Wildman–Crippen LogP) is 2.45. The molecule has 170 valence electrons. The molecular formula is C24H24F2N5O2+. The topological polar surface area (TPSA) is 88.7 Å². The van der Waals surface area contributed by atoms with Crippen LogP contribution in [0.5, 0.6) is 11.5 Å². The van der Waals surface area contributed by atoms with Crippen LogP contribution in [0.1, 0.15) is 18.4 Å². The first-order chi connectivity index (χ1) is 15.9. The third kappa shape index (κ3) is 2.60. The number of ether oxygens (including phenoxy) is 1. The molecule has 3 unspecified atom stereocenters. The summed E-state index contributed by atoms with van der Waals surface area (Å²) < 4.78 is 36.3. The monoisotopic (exact) mass is 452 g/mol. The number of amides is 1. The average molecular weight is 452 g/mol. The van der Waals surface area contributed by atoms with Crippen LogP contribution >= 0.6 is 0 Å². The number of carbonyl (C=O) groups excluding carboxylic acids is 1. The maximum atomic E-state index is 15.4. The standard InChI is InChI=1S/C24H23F2N5O2/c25-24(26)14-28-13-11-23(24)18-10-12-29-22-19(21(27)32)20(30-31(18,22)23)15-6-8-17(9-7-15)33-16-4-2-1-3-5-16/h1-9,18,28H,10-14H2,(H2-,27,29,30,32)/p+1. The number of alkyl halides is 2.